The minimum atomic E-state index is -0.853. The summed E-state index contributed by atoms with van der Waals surface area (Å²) >= 11 is 0.735. The smallest absolute Gasteiger partial charge is 0.272 e. The number of amides is 3. The highest BCUT2D eigenvalue weighted by molar-refractivity contribution is 7.09. The van der Waals surface area contributed by atoms with E-state index in [0.717, 1.165) is 18.0 Å². The van der Waals surface area contributed by atoms with Gasteiger partial charge in [0.15, 0.2) is 5.69 Å². The van der Waals surface area contributed by atoms with E-state index in [9.17, 15) is 18.8 Å². The normalized spacial score (nSPS) is 11.9. The number of nitrogen functional groups attached to an aromatic ring is 1. The summed E-state index contributed by atoms with van der Waals surface area (Å²) < 4.78 is 17.4. The molecule has 0 aliphatic rings. The van der Waals surface area contributed by atoms with Crippen LogP contribution in [0.25, 0.3) is 0 Å². The molecule has 0 saturated heterocycles. The Morgan fingerprint density at radius 3 is 2.35 bits per heavy atom. The van der Waals surface area contributed by atoms with Crippen molar-refractivity contribution in [2.75, 3.05) is 17.2 Å². The first-order chi connectivity index (χ1) is 14.7. The molecule has 3 amide bonds. The number of nitrogens with two attached hydrogens (primary N) is 2. The molecule has 0 saturated carbocycles. The van der Waals surface area contributed by atoms with Crippen molar-refractivity contribution >= 4 is 40.6 Å². The number of hydrogen-bond acceptors (Lipinski definition) is 6. The molecule has 0 radical (unpaired) electrons. The minimum Gasteiger partial charge on any atom is -0.395 e. The second-order valence-corrected chi connectivity index (χ2v) is 8.34. The van der Waals surface area contributed by atoms with Gasteiger partial charge < -0.3 is 16.8 Å². The van der Waals surface area contributed by atoms with Crippen LogP contribution in [0.3, 0.4) is 0 Å². The molecule has 0 spiro atoms. The van der Waals surface area contributed by atoms with Crippen molar-refractivity contribution in [1.82, 2.24) is 9.69 Å². The third-order valence-electron chi connectivity index (χ3n) is 4.68. The topological polar surface area (TPSA) is 131 Å². The van der Waals surface area contributed by atoms with E-state index in [-0.39, 0.29) is 22.2 Å². The standard InChI is InChI=1S/C21H28FN5O3S/c1-4-5-15(20(29)25-11-10-12(2)3)27(14-8-6-13(22)7-9-14)21(30)18-16(23)17(19(24)28)26-31-18/h6-9,12,15H,4-5,10-11,23H2,1-3H3,(H2,24,28)(H,25,29)/t15-/m0/s1. The van der Waals surface area contributed by atoms with Crippen LogP contribution in [0, 0.1) is 11.7 Å². The van der Waals surface area contributed by atoms with E-state index in [1.165, 1.54) is 29.2 Å². The van der Waals surface area contributed by atoms with Crippen LogP contribution in [0.2, 0.25) is 0 Å². The van der Waals surface area contributed by atoms with E-state index >= 15 is 0 Å². The summed E-state index contributed by atoms with van der Waals surface area (Å²) in [6, 6.07) is 4.40. The average molecular weight is 450 g/mol. The molecular formula is C21H28FN5O3S. The average Bonchev–Trinajstić information content (AvgIpc) is 3.10. The van der Waals surface area contributed by atoms with E-state index in [4.69, 9.17) is 11.5 Å². The zero-order chi connectivity index (χ0) is 23.1. The third-order valence-corrected chi connectivity index (χ3v) is 5.53. The van der Waals surface area contributed by atoms with Crippen LogP contribution in [0.15, 0.2) is 24.3 Å². The van der Waals surface area contributed by atoms with Crippen molar-refractivity contribution in [1.29, 1.82) is 0 Å². The number of halogens is 1. The van der Waals surface area contributed by atoms with E-state index in [1.807, 2.05) is 20.8 Å². The lowest BCUT2D eigenvalue weighted by molar-refractivity contribution is -0.122. The summed E-state index contributed by atoms with van der Waals surface area (Å²) in [5.41, 5.74) is 11.2. The molecule has 168 valence electrons. The fourth-order valence-electron chi connectivity index (χ4n) is 3.03. The number of anilines is 2. The Bertz CT molecular complexity index is 930. The van der Waals surface area contributed by atoms with Gasteiger partial charge in [0, 0.05) is 12.2 Å². The molecule has 1 aromatic heterocycles. The Labute approximate surface area is 185 Å². The molecule has 1 atom stereocenters. The van der Waals surface area contributed by atoms with Crippen LogP contribution >= 0.6 is 11.5 Å². The van der Waals surface area contributed by atoms with Crippen molar-refractivity contribution in [3.05, 3.63) is 40.7 Å². The van der Waals surface area contributed by atoms with Crippen LogP contribution in [0.4, 0.5) is 15.8 Å². The van der Waals surface area contributed by atoms with Gasteiger partial charge in [0.1, 0.15) is 16.7 Å². The number of hydrogen-bond donors (Lipinski definition) is 3. The van der Waals surface area contributed by atoms with E-state index in [0.29, 0.717) is 31.0 Å². The molecule has 2 rings (SSSR count). The lowest BCUT2D eigenvalue weighted by Gasteiger charge is -2.31. The first kappa shape index (κ1) is 24.3. The number of carbonyl (C=O) groups excluding carboxylic acids is 3. The fraction of sp³-hybridized carbons (Fsp3) is 0.429. The van der Waals surface area contributed by atoms with E-state index in [2.05, 4.69) is 9.69 Å². The van der Waals surface area contributed by atoms with E-state index in [1.54, 1.807) is 0 Å². The van der Waals surface area contributed by atoms with Gasteiger partial charge in [-0.05, 0) is 54.6 Å². The predicted molar refractivity (Wildman–Crippen MR) is 119 cm³/mol. The quantitative estimate of drug-likeness (QED) is 0.513. The van der Waals surface area contributed by atoms with Crippen molar-refractivity contribution in [3.63, 3.8) is 0 Å². The molecule has 2 aromatic rings. The summed E-state index contributed by atoms with van der Waals surface area (Å²) in [6.45, 7) is 6.46. The van der Waals surface area contributed by atoms with Gasteiger partial charge in [-0.2, -0.15) is 4.37 Å². The van der Waals surface area contributed by atoms with Crippen LogP contribution in [-0.4, -0.2) is 34.7 Å². The fourth-order valence-corrected chi connectivity index (χ4v) is 3.77. The zero-order valence-corrected chi connectivity index (χ0v) is 18.7. The first-order valence-corrected chi connectivity index (χ1v) is 10.9. The molecular weight excluding hydrogens is 421 g/mol. The van der Waals surface area contributed by atoms with Gasteiger partial charge in [-0.15, -0.1) is 0 Å². The van der Waals surface area contributed by atoms with Gasteiger partial charge in [-0.3, -0.25) is 19.3 Å². The summed E-state index contributed by atoms with van der Waals surface area (Å²) in [5.74, 6) is -1.84. The third kappa shape index (κ3) is 6.00. The van der Waals surface area contributed by atoms with Gasteiger partial charge >= 0.3 is 0 Å². The summed E-state index contributed by atoms with van der Waals surface area (Å²) in [4.78, 5) is 39.3. The van der Waals surface area contributed by atoms with Crippen molar-refractivity contribution in [3.8, 4) is 0 Å². The Morgan fingerprint density at radius 2 is 1.84 bits per heavy atom. The molecule has 10 heteroatoms. The Kier molecular flexibility index (Phi) is 8.49. The lowest BCUT2D eigenvalue weighted by Crippen LogP contribution is -2.50. The van der Waals surface area contributed by atoms with Crippen LogP contribution < -0.4 is 21.7 Å². The summed E-state index contributed by atoms with van der Waals surface area (Å²) in [6.07, 6.45) is 1.79. The maximum Gasteiger partial charge on any atom is 0.272 e. The number of carbonyl (C=O) groups is 3. The Balaban J connectivity index is 2.47. The molecule has 1 heterocycles. The number of aromatic nitrogens is 1. The van der Waals surface area contributed by atoms with Crippen LogP contribution in [0.1, 0.15) is 60.2 Å². The lowest BCUT2D eigenvalue weighted by atomic mass is 10.1. The van der Waals surface area contributed by atoms with Gasteiger partial charge in [0.2, 0.25) is 5.91 Å². The maximum absolute atomic E-state index is 13.5. The van der Waals surface area contributed by atoms with Gasteiger partial charge in [-0.25, -0.2) is 4.39 Å². The van der Waals surface area contributed by atoms with Crippen LogP contribution in [-0.2, 0) is 4.79 Å². The van der Waals surface area contributed by atoms with Gasteiger partial charge in [0.25, 0.3) is 11.8 Å². The zero-order valence-electron chi connectivity index (χ0n) is 17.9. The van der Waals surface area contributed by atoms with Gasteiger partial charge in [0.05, 0.1) is 5.69 Å². The van der Waals surface area contributed by atoms with Gasteiger partial charge in [-0.1, -0.05) is 27.2 Å². The highest BCUT2D eigenvalue weighted by Crippen LogP contribution is 2.29. The molecule has 8 nitrogen and oxygen atoms in total. The minimum absolute atomic E-state index is 0.00536. The number of nitrogens with zero attached hydrogens (tertiary/aromatic N) is 2. The molecule has 5 N–H and O–H groups in total. The Hall–Kier alpha value is -3.01. The predicted octanol–water partition coefficient (Wildman–Crippen LogP) is 2.94. The second-order valence-electron chi connectivity index (χ2n) is 7.57. The molecule has 31 heavy (non-hydrogen) atoms. The molecule has 0 bridgehead atoms. The molecule has 0 aliphatic heterocycles. The Morgan fingerprint density at radius 1 is 1.19 bits per heavy atom. The maximum atomic E-state index is 13.5. The molecule has 0 aliphatic carbocycles. The summed E-state index contributed by atoms with van der Waals surface area (Å²) in [5, 5.41) is 2.88. The molecule has 0 fully saturated rings. The van der Waals surface area contributed by atoms with Crippen molar-refractivity contribution in [2.45, 2.75) is 46.1 Å². The first-order valence-electron chi connectivity index (χ1n) is 10.1. The molecule has 0 unspecified atom stereocenters. The second kappa shape index (κ2) is 10.9. The summed E-state index contributed by atoms with van der Waals surface area (Å²) in [7, 11) is 0. The number of rotatable bonds is 10. The highest BCUT2D eigenvalue weighted by Gasteiger charge is 2.34. The largest absolute Gasteiger partial charge is 0.395 e. The van der Waals surface area contributed by atoms with E-state index < -0.39 is 23.7 Å². The SMILES string of the molecule is CCC[C@@H](C(=O)NCCC(C)C)N(C(=O)c1snc(C(N)=O)c1N)c1ccc(F)cc1. The van der Waals surface area contributed by atoms with Crippen LogP contribution in [0.5, 0.6) is 0 Å². The van der Waals surface area contributed by atoms with Crippen molar-refractivity contribution < 1.29 is 18.8 Å². The highest BCUT2D eigenvalue weighted by atomic mass is 32.1. The number of benzene rings is 1. The monoisotopic (exact) mass is 449 g/mol. The van der Waals surface area contributed by atoms with Crippen molar-refractivity contribution in [2.24, 2.45) is 11.7 Å². The molecule has 1 aromatic carbocycles. The number of nitrogens with one attached hydrogen (secondary N) is 1. The number of primary amides is 1.